The van der Waals surface area contributed by atoms with Crippen LogP contribution in [0.25, 0.3) is 0 Å². The van der Waals surface area contributed by atoms with Crippen LogP contribution in [-0.4, -0.2) is 30.5 Å². The third kappa shape index (κ3) is 3.14. The van der Waals surface area contributed by atoms with E-state index in [0.29, 0.717) is 0 Å². The molecule has 0 aromatic carbocycles. The lowest BCUT2D eigenvalue weighted by Gasteiger charge is -2.11. The fourth-order valence-corrected chi connectivity index (χ4v) is 1.17. The third-order valence-electron chi connectivity index (χ3n) is 1.83. The van der Waals surface area contributed by atoms with Gasteiger partial charge in [-0.3, -0.25) is 4.90 Å². The zero-order valence-electron chi connectivity index (χ0n) is 7.69. The van der Waals surface area contributed by atoms with Gasteiger partial charge in [0.1, 0.15) is 0 Å². The van der Waals surface area contributed by atoms with Crippen molar-refractivity contribution in [3.05, 3.63) is 0 Å². The lowest BCUT2D eigenvalue weighted by atomic mass is 10.2. The second kappa shape index (κ2) is 4.00. The Morgan fingerprint density at radius 1 is 1.36 bits per heavy atom. The molecule has 1 aliphatic heterocycles. The Morgan fingerprint density at radius 3 is 1.91 bits per heavy atom. The van der Waals surface area contributed by atoms with Crippen LogP contribution in [0.3, 0.4) is 0 Å². The molecule has 0 aromatic heterocycles. The molecule has 0 amide bonds. The first-order chi connectivity index (χ1) is 5.01. The Kier molecular flexibility index (Phi) is 3.93. The van der Waals surface area contributed by atoms with E-state index in [0.717, 1.165) is 0 Å². The van der Waals surface area contributed by atoms with Crippen molar-refractivity contribution < 1.29 is 8.78 Å². The van der Waals surface area contributed by atoms with Crippen molar-refractivity contribution in [2.24, 2.45) is 0 Å². The van der Waals surface area contributed by atoms with E-state index in [-0.39, 0.29) is 19.0 Å². The molecule has 0 aliphatic carbocycles. The maximum atomic E-state index is 12.4. The number of hydrogen-bond donors (Lipinski definition) is 0. The molecule has 0 N–H and O–H groups in total. The Balaban J connectivity index is 0.000000461. The van der Waals surface area contributed by atoms with Gasteiger partial charge in [-0.05, 0) is 14.0 Å². The molecule has 1 rings (SSSR count). The topological polar surface area (TPSA) is 3.24 Å². The average Bonchev–Trinajstić information content (AvgIpc) is 2.10. The molecule has 1 saturated heterocycles. The summed E-state index contributed by atoms with van der Waals surface area (Å²) in [5, 5.41) is 0. The number of halogens is 2. The van der Waals surface area contributed by atoms with E-state index in [1.54, 1.807) is 11.9 Å². The number of alkyl halides is 2. The van der Waals surface area contributed by atoms with Gasteiger partial charge in [-0.2, -0.15) is 0 Å². The first-order valence-electron chi connectivity index (χ1n) is 4.09. The molecule has 68 valence electrons. The zero-order valence-corrected chi connectivity index (χ0v) is 7.69. The second-order valence-corrected chi connectivity index (χ2v) is 2.82. The van der Waals surface area contributed by atoms with Crippen LogP contribution in [0.2, 0.25) is 0 Å². The number of likely N-dealkylation sites (tertiary alicyclic amines) is 1. The summed E-state index contributed by atoms with van der Waals surface area (Å²) in [6, 6.07) is 0.0417. The van der Waals surface area contributed by atoms with Gasteiger partial charge < -0.3 is 0 Å². The van der Waals surface area contributed by atoms with Gasteiger partial charge in [0.15, 0.2) is 0 Å². The predicted molar refractivity (Wildman–Crippen MR) is 43.0 cm³/mol. The lowest BCUT2D eigenvalue weighted by molar-refractivity contribution is 0.0141. The Bertz CT molecular complexity index is 103. The lowest BCUT2D eigenvalue weighted by Crippen LogP contribution is -2.23. The van der Waals surface area contributed by atoms with Crippen molar-refractivity contribution in [2.75, 3.05) is 13.6 Å². The van der Waals surface area contributed by atoms with Gasteiger partial charge in [0, 0.05) is 12.5 Å². The summed E-state index contributed by atoms with van der Waals surface area (Å²) in [7, 11) is 1.73. The fourth-order valence-electron chi connectivity index (χ4n) is 1.17. The summed E-state index contributed by atoms with van der Waals surface area (Å²) in [5.41, 5.74) is 0. The molecular formula is C8H17F2N. The molecule has 0 saturated carbocycles. The Hall–Kier alpha value is -0.180. The highest BCUT2D eigenvalue weighted by molar-refractivity contribution is 4.85. The molecule has 1 nitrogen and oxygen atoms in total. The van der Waals surface area contributed by atoms with Gasteiger partial charge in [-0.15, -0.1) is 0 Å². The number of nitrogens with zero attached hydrogens (tertiary/aromatic N) is 1. The second-order valence-electron chi connectivity index (χ2n) is 2.82. The molecular weight excluding hydrogens is 148 g/mol. The van der Waals surface area contributed by atoms with Gasteiger partial charge in [-0.25, -0.2) is 8.78 Å². The molecule has 0 spiro atoms. The molecule has 1 atom stereocenters. The van der Waals surface area contributed by atoms with Crippen molar-refractivity contribution >= 4 is 0 Å². The predicted octanol–water partition coefficient (Wildman–Crippen LogP) is 2.37. The highest BCUT2D eigenvalue weighted by Crippen LogP contribution is 2.29. The van der Waals surface area contributed by atoms with Gasteiger partial charge in [0.2, 0.25) is 0 Å². The normalized spacial score (nSPS) is 29.5. The quantitative estimate of drug-likeness (QED) is 0.532. The minimum absolute atomic E-state index is 0.0174. The molecule has 1 fully saturated rings. The monoisotopic (exact) mass is 165 g/mol. The molecule has 11 heavy (non-hydrogen) atoms. The highest BCUT2D eigenvalue weighted by atomic mass is 19.3. The van der Waals surface area contributed by atoms with Gasteiger partial charge >= 0.3 is 0 Å². The van der Waals surface area contributed by atoms with Crippen LogP contribution in [0.1, 0.15) is 27.2 Å². The van der Waals surface area contributed by atoms with Crippen LogP contribution >= 0.6 is 0 Å². The van der Waals surface area contributed by atoms with Crippen molar-refractivity contribution in [2.45, 2.75) is 39.2 Å². The SMILES string of the molecule is CC.CC1CC(F)(F)CN1C. The van der Waals surface area contributed by atoms with Crippen LogP contribution in [0, 0.1) is 0 Å². The molecule has 0 bridgehead atoms. The van der Waals surface area contributed by atoms with E-state index in [4.69, 9.17) is 0 Å². The van der Waals surface area contributed by atoms with E-state index >= 15 is 0 Å². The summed E-state index contributed by atoms with van der Waals surface area (Å²) >= 11 is 0. The molecule has 0 radical (unpaired) electrons. The summed E-state index contributed by atoms with van der Waals surface area (Å²) in [6.45, 7) is 5.75. The van der Waals surface area contributed by atoms with Crippen LogP contribution in [0.15, 0.2) is 0 Å². The van der Waals surface area contributed by atoms with Crippen LogP contribution in [-0.2, 0) is 0 Å². The smallest absolute Gasteiger partial charge is 0.262 e. The van der Waals surface area contributed by atoms with Crippen LogP contribution in [0.4, 0.5) is 8.78 Å². The maximum absolute atomic E-state index is 12.4. The van der Waals surface area contributed by atoms with E-state index in [2.05, 4.69) is 0 Å². The minimum Gasteiger partial charge on any atom is -0.298 e. The summed E-state index contributed by atoms with van der Waals surface area (Å²) < 4.78 is 24.8. The van der Waals surface area contributed by atoms with Crippen molar-refractivity contribution in [1.82, 2.24) is 4.90 Å². The van der Waals surface area contributed by atoms with Gasteiger partial charge in [-0.1, -0.05) is 13.8 Å². The van der Waals surface area contributed by atoms with E-state index in [1.165, 1.54) is 0 Å². The molecule has 1 heterocycles. The molecule has 0 aromatic rings. The van der Waals surface area contributed by atoms with Gasteiger partial charge in [0.25, 0.3) is 5.92 Å². The van der Waals surface area contributed by atoms with Crippen molar-refractivity contribution in [3.63, 3.8) is 0 Å². The first-order valence-corrected chi connectivity index (χ1v) is 4.09. The van der Waals surface area contributed by atoms with E-state index in [9.17, 15) is 8.78 Å². The maximum Gasteiger partial charge on any atom is 0.262 e. The standard InChI is InChI=1S/C6H11F2N.C2H6/c1-5-3-6(7,8)4-9(5)2;1-2/h5H,3-4H2,1-2H3;1-2H3. The van der Waals surface area contributed by atoms with Crippen molar-refractivity contribution in [3.8, 4) is 0 Å². The van der Waals surface area contributed by atoms with E-state index in [1.807, 2.05) is 20.8 Å². The minimum atomic E-state index is -2.44. The van der Waals surface area contributed by atoms with Crippen molar-refractivity contribution in [1.29, 1.82) is 0 Å². The number of hydrogen-bond acceptors (Lipinski definition) is 1. The Morgan fingerprint density at radius 2 is 1.82 bits per heavy atom. The van der Waals surface area contributed by atoms with E-state index < -0.39 is 5.92 Å². The summed E-state index contributed by atoms with van der Waals surface area (Å²) in [6.07, 6.45) is 0.0174. The van der Waals surface area contributed by atoms with Crippen LogP contribution < -0.4 is 0 Å². The molecule has 1 aliphatic rings. The van der Waals surface area contributed by atoms with Gasteiger partial charge in [0.05, 0.1) is 6.54 Å². The Labute approximate surface area is 67.4 Å². The fraction of sp³-hybridized carbons (Fsp3) is 1.00. The average molecular weight is 165 g/mol. The number of rotatable bonds is 0. The van der Waals surface area contributed by atoms with Crippen LogP contribution in [0.5, 0.6) is 0 Å². The molecule has 1 unspecified atom stereocenters. The largest absolute Gasteiger partial charge is 0.298 e. The zero-order chi connectivity index (χ0) is 9.07. The highest BCUT2D eigenvalue weighted by Gasteiger charge is 2.40. The first kappa shape index (κ1) is 10.8. The summed E-state index contributed by atoms with van der Waals surface area (Å²) in [4.78, 5) is 1.68. The summed E-state index contributed by atoms with van der Waals surface area (Å²) in [5.74, 6) is -2.44. The third-order valence-corrected chi connectivity index (χ3v) is 1.83. The molecule has 3 heteroatoms.